The molecule has 5 rings (SSSR count). The summed E-state index contributed by atoms with van der Waals surface area (Å²) in [5.74, 6) is -0.345. The molecular formula is C32H32FNO3. The zero-order chi connectivity index (χ0) is 25.6. The lowest BCUT2D eigenvalue weighted by atomic mass is 9.82. The predicted molar refractivity (Wildman–Crippen MR) is 145 cm³/mol. The number of nitrogens with one attached hydrogen (secondary N) is 1. The van der Waals surface area contributed by atoms with E-state index in [1.54, 1.807) is 12.1 Å². The Kier molecular flexibility index (Phi) is 7.81. The van der Waals surface area contributed by atoms with Crippen molar-refractivity contribution in [3.8, 4) is 5.75 Å². The Labute approximate surface area is 217 Å². The van der Waals surface area contributed by atoms with Gasteiger partial charge in [-0.25, -0.2) is 9.18 Å². The highest BCUT2D eigenvalue weighted by molar-refractivity contribution is 5.90. The van der Waals surface area contributed by atoms with Crippen molar-refractivity contribution in [2.75, 3.05) is 20.2 Å². The fourth-order valence-electron chi connectivity index (χ4n) is 5.32. The zero-order valence-electron chi connectivity index (χ0n) is 21.1. The standard InChI is InChI=1S/C32H32FNO3/c1-36-32(35)29-20-24(15-16-30(29)33)28-21-25(37-31-14-5-4-13-27(28)31)11-7-18-34-19-17-23-10-6-9-22-8-2-3-12-26(22)23/h2-6,8-10,12-16,20,25,28,34H,7,11,17-19,21H2,1H3/t25-,28+/m0/s1. The Bertz CT molecular complexity index is 1380. The molecule has 0 fully saturated rings. The lowest BCUT2D eigenvalue weighted by molar-refractivity contribution is 0.0595. The van der Waals surface area contributed by atoms with Crippen LogP contribution in [-0.4, -0.2) is 32.3 Å². The summed E-state index contributed by atoms with van der Waals surface area (Å²) in [6.07, 6.45) is 3.72. The second-order valence-electron chi connectivity index (χ2n) is 9.58. The van der Waals surface area contributed by atoms with Crippen molar-refractivity contribution < 1.29 is 18.7 Å². The van der Waals surface area contributed by atoms with Crippen molar-refractivity contribution in [1.29, 1.82) is 0 Å². The number of methoxy groups -OCH3 is 1. The van der Waals surface area contributed by atoms with Crippen molar-refractivity contribution in [3.63, 3.8) is 0 Å². The largest absolute Gasteiger partial charge is 0.490 e. The van der Waals surface area contributed by atoms with Crippen LogP contribution in [0.5, 0.6) is 5.75 Å². The molecule has 0 saturated carbocycles. The van der Waals surface area contributed by atoms with Crippen LogP contribution in [0, 0.1) is 5.82 Å². The van der Waals surface area contributed by atoms with E-state index in [2.05, 4.69) is 47.8 Å². The molecule has 0 spiro atoms. The van der Waals surface area contributed by atoms with E-state index in [1.807, 2.05) is 24.3 Å². The molecule has 0 bridgehead atoms. The van der Waals surface area contributed by atoms with Gasteiger partial charge in [-0.1, -0.05) is 66.7 Å². The molecule has 0 amide bonds. The molecule has 0 aliphatic carbocycles. The highest BCUT2D eigenvalue weighted by Crippen LogP contribution is 2.41. The van der Waals surface area contributed by atoms with E-state index >= 15 is 0 Å². The first kappa shape index (κ1) is 25.0. The lowest BCUT2D eigenvalue weighted by Gasteiger charge is -2.33. The molecule has 5 heteroatoms. The van der Waals surface area contributed by atoms with Crippen molar-refractivity contribution in [2.24, 2.45) is 0 Å². The summed E-state index contributed by atoms with van der Waals surface area (Å²) in [4.78, 5) is 12.1. The molecule has 0 saturated heterocycles. The molecule has 2 atom stereocenters. The van der Waals surface area contributed by atoms with Gasteiger partial charge in [-0.2, -0.15) is 0 Å². The number of esters is 1. The van der Waals surface area contributed by atoms with Crippen LogP contribution >= 0.6 is 0 Å². The van der Waals surface area contributed by atoms with Crippen LogP contribution in [-0.2, 0) is 11.2 Å². The van der Waals surface area contributed by atoms with Crippen molar-refractivity contribution in [2.45, 2.75) is 37.7 Å². The molecule has 0 radical (unpaired) electrons. The van der Waals surface area contributed by atoms with Crippen LogP contribution in [0.25, 0.3) is 10.8 Å². The monoisotopic (exact) mass is 497 g/mol. The van der Waals surface area contributed by atoms with Gasteiger partial charge >= 0.3 is 5.97 Å². The zero-order valence-corrected chi connectivity index (χ0v) is 21.1. The van der Waals surface area contributed by atoms with Gasteiger partial charge in [-0.3, -0.25) is 0 Å². The minimum absolute atomic E-state index is 0.0262. The van der Waals surface area contributed by atoms with Gasteiger partial charge < -0.3 is 14.8 Å². The first-order chi connectivity index (χ1) is 18.1. The van der Waals surface area contributed by atoms with Crippen molar-refractivity contribution >= 4 is 16.7 Å². The maximum absolute atomic E-state index is 14.3. The molecule has 4 aromatic carbocycles. The molecule has 1 aliphatic rings. The summed E-state index contributed by atoms with van der Waals surface area (Å²) in [6.45, 7) is 1.84. The molecule has 1 N–H and O–H groups in total. The van der Waals surface area contributed by atoms with E-state index in [1.165, 1.54) is 29.5 Å². The number of carbonyl (C=O) groups excluding carboxylic acids is 1. The van der Waals surface area contributed by atoms with E-state index in [4.69, 9.17) is 9.47 Å². The topological polar surface area (TPSA) is 47.6 Å². The molecule has 4 aromatic rings. The van der Waals surface area contributed by atoms with E-state index in [-0.39, 0.29) is 17.6 Å². The fraction of sp³-hybridized carbons (Fsp3) is 0.281. The van der Waals surface area contributed by atoms with Gasteiger partial charge in [-0.05, 0) is 78.9 Å². The average Bonchev–Trinajstić information content (AvgIpc) is 2.94. The summed E-state index contributed by atoms with van der Waals surface area (Å²) in [6, 6.07) is 27.7. The number of rotatable bonds is 9. The Morgan fingerprint density at radius 1 is 1.00 bits per heavy atom. The van der Waals surface area contributed by atoms with Crippen molar-refractivity contribution in [1.82, 2.24) is 5.32 Å². The summed E-state index contributed by atoms with van der Waals surface area (Å²) < 4.78 is 25.4. The first-order valence-electron chi connectivity index (χ1n) is 12.9. The van der Waals surface area contributed by atoms with Gasteiger partial charge in [0.05, 0.1) is 18.8 Å². The van der Waals surface area contributed by atoms with Crippen LogP contribution in [0.15, 0.2) is 84.9 Å². The summed E-state index contributed by atoms with van der Waals surface area (Å²) in [7, 11) is 1.27. The van der Waals surface area contributed by atoms with E-state index in [0.717, 1.165) is 55.6 Å². The van der Waals surface area contributed by atoms with Crippen molar-refractivity contribution in [3.05, 3.63) is 113 Å². The lowest BCUT2D eigenvalue weighted by Crippen LogP contribution is -2.28. The number of ether oxygens (including phenoxy) is 2. The maximum Gasteiger partial charge on any atom is 0.340 e. The van der Waals surface area contributed by atoms with Crippen LogP contribution < -0.4 is 10.1 Å². The first-order valence-corrected chi connectivity index (χ1v) is 12.9. The molecule has 37 heavy (non-hydrogen) atoms. The number of hydrogen-bond acceptors (Lipinski definition) is 4. The minimum atomic E-state index is -0.661. The molecule has 190 valence electrons. The van der Waals surface area contributed by atoms with Gasteiger partial charge in [0.25, 0.3) is 0 Å². The highest BCUT2D eigenvalue weighted by atomic mass is 19.1. The van der Waals surface area contributed by atoms with Gasteiger partial charge in [0.15, 0.2) is 0 Å². The third-order valence-electron chi connectivity index (χ3n) is 7.22. The SMILES string of the molecule is COC(=O)c1cc([C@H]2C[C@H](CCCNCCc3cccc4ccccc34)Oc3ccccc32)ccc1F. The predicted octanol–water partition coefficient (Wildman–Crippen LogP) is 6.66. The molecule has 1 aliphatic heterocycles. The Balaban J connectivity index is 1.19. The smallest absolute Gasteiger partial charge is 0.340 e. The number of halogens is 1. The molecule has 1 heterocycles. The second-order valence-corrected chi connectivity index (χ2v) is 9.58. The Morgan fingerprint density at radius 2 is 1.81 bits per heavy atom. The summed E-state index contributed by atoms with van der Waals surface area (Å²) >= 11 is 0. The van der Waals surface area contributed by atoms with Crippen LogP contribution in [0.2, 0.25) is 0 Å². The van der Waals surface area contributed by atoms with Gasteiger partial charge in [0, 0.05) is 11.5 Å². The van der Waals surface area contributed by atoms with E-state index in [0.29, 0.717) is 0 Å². The van der Waals surface area contributed by atoms with Gasteiger partial charge in [0.1, 0.15) is 11.6 Å². The van der Waals surface area contributed by atoms with Gasteiger partial charge in [-0.15, -0.1) is 0 Å². The average molecular weight is 498 g/mol. The number of fused-ring (bicyclic) bond motifs is 2. The normalized spacial score (nSPS) is 16.7. The van der Waals surface area contributed by atoms with Crippen LogP contribution in [0.3, 0.4) is 0 Å². The number of para-hydroxylation sites is 1. The minimum Gasteiger partial charge on any atom is -0.490 e. The number of hydrogen-bond donors (Lipinski definition) is 1. The fourth-order valence-corrected chi connectivity index (χ4v) is 5.32. The third-order valence-corrected chi connectivity index (χ3v) is 7.22. The van der Waals surface area contributed by atoms with E-state index < -0.39 is 11.8 Å². The molecule has 0 unspecified atom stereocenters. The molecular weight excluding hydrogens is 465 g/mol. The summed E-state index contributed by atoms with van der Waals surface area (Å²) in [5, 5.41) is 6.19. The van der Waals surface area contributed by atoms with Crippen LogP contribution in [0.4, 0.5) is 4.39 Å². The third kappa shape index (κ3) is 5.67. The van der Waals surface area contributed by atoms with E-state index in [9.17, 15) is 9.18 Å². The Morgan fingerprint density at radius 3 is 2.70 bits per heavy atom. The number of carbonyl (C=O) groups is 1. The highest BCUT2D eigenvalue weighted by Gasteiger charge is 2.30. The van der Waals surface area contributed by atoms with Crippen LogP contribution in [0.1, 0.15) is 52.2 Å². The number of benzene rings is 4. The second kappa shape index (κ2) is 11.6. The summed E-state index contributed by atoms with van der Waals surface area (Å²) in [5.41, 5.74) is 3.30. The van der Waals surface area contributed by atoms with Gasteiger partial charge in [0.2, 0.25) is 0 Å². The quantitative estimate of drug-likeness (QED) is 0.207. The maximum atomic E-state index is 14.3. The Hall–Kier alpha value is -3.70. The molecule has 4 nitrogen and oxygen atoms in total. The molecule has 0 aromatic heterocycles.